The standard InChI is InChI=1S/C28H31N7O3/c1-17(16-36)14-15-31-25-21(13-12-18(2)32-25)24(29)38-28(30)35-26-27(37)33-22-11-7-6-10-20(22)23(34-26)19-8-4-3-5-9-19/h3-13,17,26,29,36H,14-16H2,1-2H3,(H2,30,35)(H,31,32)(H,33,37)/t17-,26?/m0/s1. The topological polar surface area (TPSA) is 158 Å². The molecule has 1 aromatic heterocycles. The minimum Gasteiger partial charge on any atom is -0.407 e. The van der Waals surface area contributed by atoms with Gasteiger partial charge in [0.1, 0.15) is 5.82 Å². The summed E-state index contributed by atoms with van der Waals surface area (Å²) in [4.78, 5) is 26.3. The molecular formula is C28H31N7O3. The number of nitrogens with one attached hydrogen (secondary N) is 3. The highest BCUT2D eigenvalue weighted by atomic mass is 16.5. The third kappa shape index (κ3) is 6.40. The van der Waals surface area contributed by atoms with E-state index in [2.05, 4.69) is 25.6 Å². The van der Waals surface area contributed by atoms with Crippen LogP contribution in [0.2, 0.25) is 0 Å². The molecular weight excluding hydrogens is 482 g/mol. The van der Waals surface area contributed by atoms with Crippen molar-refractivity contribution in [3.05, 3.63) is 89.1 Å². The summed E-state index contributed by atoms with van der Waals surface area (Å²) in [6.45, 7) is 4.44. The van der Waals surface area contributed by atoms with E-state index in [1.807, 2.05) is 62.4 Å². The summed E-state index contributed by atoms with van der Waals surface area (Å²) < 4.78 is 5.52. The van der Waals surface area contributed by atoms with Crippen molar-refractivity contribution in [1.29, 1.82) is 5.41 Å². The molecule has 0 radical (unpaired) electrons. The third-order valence-electron chi connectivity index (χ3n) is 5.95. The van der Waals surface area contributed by atoms with E-state index in [4.69, 9.17) is 15.9 Å². The lowest BCUT2D eigenvalue weighted by molar-refractivity contribution is -0.117. The molecule has 0 aliphatic carbocycles. The fourth-order valence-corrected chi connectivity index (χ4v) is 3.87. The van der Waals surface area contributed by atoms with Crippen molar-refractivity contribution in [1.82, 2.24) is 4.98 Å². The predicted octanol–water partition coefficient (Wildman–Crippen LogP) is 3.29. The zero-order chi connectivity index (χ0) is 27.1. The van der Waals surface area contributed by atoms with E-state index in [-0.39, 0.29) is 24.4 Å². The van der Waals surface area contributed by atoms with Crippen LogP contribution in [-0.2, 0) is 9.53 Å². The number of nitrogens with zero attached hydrogens (tertiary/aromatic N) is 3. The highest BCUT2D eigenvalue weighted by Crippen LogP contribution is 2.24. The van der Waals surface area contributed by atoms with Gasteiger partial charge >= 0.3 is 0 Å². The smallest absolute Gasteiger partial charge is 0.291 e. The van der Waals surface area contributed by atoms with Crippen LogP contribution in [0.4, 0.5) is 11.5 Å². The highest BCUT2D eigenvalue weighted by molar-refractivity contribution is 6.19. The molecule has 0 saturated heterocycles. The maximum atomic E-state index is 13.0. The summed E-state index contributed by atoms with van der Waals surface area (Å²) in [5.41, 5.74) is 9.98. The molecule has 2 heterocycles. The first kappa shape index (κ1) is 26.5. The Morgan fingerprint density at radius 3 is 2.68 bits per heavy atom. The number of rotatable bonds is 8. The molecule has 10 nitrogen and oxygen atoms in total. The van der Waals surface area contributed by atoms with Gasteiger partial charge in [0, 0.05) is 30.0 Å². The first-order valence-corrected chi connectivity index (χ1v) is 12.3. The molecule has 38 heavy (non-hydrogen) atoms. The van der Waals surface area contributed by atoms with Gasteiger partial charge in [-0.15, -0.1) is 0 Å². The number of para-hydroxylation sites is 1. The van der Waals surface area contributed by atoms with Crippen LogP contribution < -0.4 is 16.4 Å². The number of anilines is 2. The molecule has 0 saturated carbocycles. The molecule has 2 atom stereocenters. The van der Waals surface area contributed by atoms with Crippen molar-refractivity contribution in [3.8, 4) is 0 Å². The van der Waals surface area contributed by atoms with Crippen LogP contribution in [-0.4, -0.2) is 52.9 Å². The number of aliphatic imine (C=N–C) groups is 2. The molecule has 2 aromatic carbocycles. The Morgan fingerprint density at radius 2 is 1.92 bits per heavy atom. The van der Waals surface area contributed by atoms with Crippen LogP contribution >= 0.6 is 0 Å². The Labute approximate surface area is 221 Å². The summed E-state index contributed by atoms with van der Waals surface area (Å²) >= 11 is 0. The van der Waals surface area contributed by atoms with E-state index in [0.29, 0.717) is 29.3 Å². The molecule has 6 N–H and O–H groups in total. The Hall–Kier alpha value is -4.57. The molecule has 1 aliphatic heterocycles. The number of aromatic nitrogens is 1. The third-order valence-corrected chi connectivity index (χ3v) is 5.95. The summed E-state index contributed by atoms with van der Waals surface area (Å²) in [7, 11) is 0. The largest absolute Gasteiger partial charge is 0.407 e. The monoisotopic (exact) mass is 513 g/mol. The SMILES string of the molecule is Cc1ccc(C(=N)O/C(N)=N/C2N=C(c3ccccc3)c3ccccc3NC2=O)c(NCC[C@H](C)CO)n1. The van der Waals surface area contributed by atoms with Gasteiger partial charge in [-0.2, -0.15) is 4.99 Å². The van der Waals surface area contributed by atoms with E-state index in [0.717, 1.165) is 23.2 Å². The van der Waals surface area contributed by atoms with Crippen molar-refractivity contribution < 1.29 is 14.6 Å². The summed E-state index contributed by atoms with van der Waals surface area (Å²) in [6, 6.07) is 20.0. The van der Waals surface area contributed by atoms with E-state index in [1.54, 1.807) is 18.2 Å². The number of fused-ring (bicyclic) bond motifs is 1. The molecule has 196 valence electrons. The van der Waals surface area contributed by atoms with Crippen LogP contribution in [0.5, 0.6) is 0 Å². The van der Waals surface area contributed by atoms with Crippen molar-refractivity contribution >= 4 is 35.0 Å². The molecule has 0 fully saturated rings. The minimum atomic E-state index is -1.22. The Bertz CT molecular complexity index is 1370. The number of hydrogen-bond acceptors (Lipinski definition) is 8. The number of carbonyl (C=O) groups is 1. The lowest BCUT2D eigenvalue weighted by atomic mass is 10.0. The molecule has 3 aromatic rings. The van der Waals surface area contributed by atoms with E-state index in [9.17, 15) is 9.90 Å². The summed E-state index contributed by atoms with van der Waals surface area (Å²) in [5, 5.41) is 23.8. The van der Waals surface area contributed by atoms with Gasteiger partial charge in [-0.05, 0) is 37.5 Å². The second-order valence-electron chi connectivity index (χ2n) is 9.00. The Morgan fingerprint density at radius 1 is 1.18 bits per heavy atom. The number of amidine groups is 1. The summed E-state index contributed by atoms with van der Waals surface area (Å²) in [6.07, 6.45) is -0.497. The van der Waals surface area contributed by atoms with Gasteiger partial charge in [0.05, 0.1) is 17.0 Å². The molecule has 1 aliphatic rings. The number of aryl methyl sites for hydroxylation is 1. The van der Waals surface area contributed by atoms with E-state index in [1.165, 1.54) is 0 Å². The number of amides is 1. The second-order valence-corrected chi connectivity index (χ2v) is 9.00. The molecule has 4 rings (SSSR count). The number of pyridine rings is 1. The average Bonchev–Trinajstić information content (AvgIpc) is 3.05. The Kier molecular flexibility index (Phi) is 8.44. The number of carbonyl (C=O) groups excluding carboxylic acids is 1. The lowest BCUT2D eigenvalue weighted by Gasteiger charge is -2.14. The molecule has 10 heteroatoms. The lowest BCUT2D eigenvalue weighted by Crippen LogP contribution is -2.29. The zero-order valence-corrected chi connectivity index (χ0v) is 21.3. The van der Waals surface area contributed by atoms with Crippen molar-refractivity contribution in [2.75, 3.05) is 23.8 Å². The first-order chi connectivity index (χ1) is 18.4. The van der Waals surface area contributed by atoms with Gasteiger partial charge in [-0.3, -0.25) is 10.2 Å². The normalized spacial score (nSPS) is 16.0. The van der Waals surface area contributed by atoms with Gasteiger partial charge in [0.15, 0.2) is 0 Å². The van der Waals surface area contributed by atoms with Crippen molar-refractivity contribution in [3.63, 3.8) is 0 Å². The van der Waals surface area contributed by atoms with E-state index >= 15 is 0 Å². The molecule has 1 unspecified atom stereocenters. The predicted molar refractivity (Wildman–Crippen MR) is 149 cm³/mol. The quantitative estimate of drug-likeness (QED) is 0.230. The van der Waals surface area contributed by atoms with Crippen molar-refractivity contribution in [2.45, 2.75) is 26.4 Å². The maximum absolute atomic E-state index is 13.0. The highest BCUT2D eigenvalue weighted by Gasteiger charge is 2.26. The van der Waals surface area contributed by atoms with Crippen LogP contribution in [0.1, 0.15) is 35.7 Å². The van der Waals surface area contributed by atoms with Crippen LogP contribution in [0.25, 0.3) is 0 Å². The molecule has 1 amide bonds. The number of benzodiazepines with no additional fused rings is 1. The summed E-state index contributed by atoms with van der Waals surface area (Å²) in [5.74, 6) is -0.160. The first-order valence-electron chi connectivity index (χ1n) is 12.3. The number of hydrogen-bond donors (Lipinski definition) is 5. The minimum absolute atomic E-state index is 0.0933. The Balaban J connectivity index is 1.58. The number of aliphatic hydroxyl groups is 1. The maximum Gasteiger partial charge on any atom is 0.291 e. The molecule has 0 bridgehead atoms. The van der Waals surface area contributed by atoms with Gasteiger partial charge in [-0.25, -0.2) is 9.98 Å². The van der Waals surface area contributed by atoms with Gasteiger partial charge in [0.25, 0.3) is 11.9 Å². The van der Waals surface area contributed by atoms with Crippen molar-refractivity contribution in [2.24, 2.45) is 21.6 Å². The van der Waals surface area contributed by atoms with Gasteiger partial charge in [-0.1, -0.05) is 55.5 Å². The van der Waals surface area contributed by atoms with Gasteiger partial charge < -0.3 is 26.2 Å². The van der Waals surface area contributed by atoms with Crippen LogP contribution in [0, 0.1) is 18.3 Å². The van der Waals surface area contributed by atoms with E-state index < -0.39 is 12.1 Å². The average molecular weight is 514 g/mol. The zero-order valence-electron chi connectivity index (χ0n) is 21.3. The number of nitrogens with two attached hydrogens (primary N) is 1. The fourth-order valence-electron chi connectivity index (χ4n) is 3.87. The number of benzene rings is 2. The molecule has 0 spiro atoms. The second kappa shape index (κ2) is 12.1. The van der Waals surface area contributed by atoms with Crippen LogP contribution in [0.3, 0.4) is 0 Å². The fraction of sp³-hybridized carbons (Fsp3) is 0.250. The number of aliphatic hydroxyl groups excluding tert-OH is 1. The van der Waals surface area contributed by atoms with Crippen LogP contribution in [0.15, 0.2) is 76.7 Å². The number of ether oxygens (including phenoxy) is 1. The van der Waals surface area contributed by atoms with Gasteiger partial charge in [0.2, 0.25) is 12.1 Å².